The number of carbonyl (C=O) groups excluding carboxylic acids is 1. The summed E-state index contributed by atoms with van der Waals surface area (Å²) in [6.45, 7) is 12.8. The van der Waals surface area contributed by atoms with E-state index in [0.29, 0.717) is 5.16 Å². The molecule has 0 fully saturated rings. The molecule has 0 aliphatic heterocycles. The second-order valence-corrected chi connectivity index (χ2v) is 12.6. The van der Waals surface area contributed by atoms with E-state index in [4.69, 9.17) is 0 Å². The fraction of sp³-hybridized carbons (Fsp3) is 0.229. The number of nitrogens with zero attached hydrogens (tertiary/aromatic N) is 3. The third-order valence-corrected chi connectivity index (χ3v) is 8.25. The number of anilines is 1. The van der Waals surface area contributed by atoms with Crippen molar-refractivity contribution < 1.29 is 4.79 Å². The molecule has 5 rings (SSSR count). The number of aryl methyl sites for hydroxylation is 3. The number of aromatic nitrogens is 3. The number of para-hydroxylation sites is 1. The molecule has 1 heterocycles. The Kier molecular flexibility index (Phi) is 8.13. The van der Waals surface area contributed by atoms with Gasteiger partial charge in [-0.15, -0.1) is 10.2 Å². The molecule has 41 heavy (non-hydrogen) atoms. The van der Waals surface area contributed by atoms with Gasteiger partial charge in [0.05, 0.1) is 5.69 Å². The van der Waals surface area contributed by atoms with Gasteiger partial charge in [-0.2, -0.15) is 0 Å². The molecular formula is C35H36N4OS. The quantitative estimate of drug-likeness (QED) is 0.202. The van der Waals surface area contributed by atoms with E-state index in [9.17, 15) is 4.79 Å². The largest absolute Gasteiger partial charge is 0.325 e. The summed E-state index contributed by atoms with van der Waals surface area (Å²) in [6, 6.07) is 32.7. The first-order valence-corrected chi connectivity index (χ1v) is 14.7. The molecule has 0 unspecified atom stereocenters. The van der Waals surface area contributed by atoms with Crippen molar-refractivity contribution in [1.82, 2.24) is 14.8 Å². The van der Waals surface area contributed by atoms with E-state index in [2.05, 4.69) is 90.2 Å². The molecule has 208 valence electrons. The molecule has 4 aromatic carbocycles. The highest BCUT2D eigenvalue weighted by atomic mass is 32.2. The Morgan fingerprint density at radius 1 is 0.805 bits per heavy atom. The molecule has 1 N–H and O–H groups in total. The minimum atomic E-state index is -0.542. The van der Waals surface area contributed by atoms with E-state index in [1.54, 1.807) is 0 Å². The maximum Gasteiger partial charge on any atom is 0.242 e. The molecule has 0 spiro atoms. The van der Waals surface area contributed by atoms with Crippen LogP contribution in [0.2, 0.25) is 0 Å². The molecule has 5 nitrogen and oxygen atoms in total. The van der Waals surface area contributed by atoms with E-state index in [-0.39, 0.29) is 11.3 Å². The van der Waals surface area contributed by atoms with E-state index in [1.807, 2.05) is 68.4 Å². The molecule has 1 amide bonds. The van der Waals surface area contributed by atoms with Gasteiger partial charge in [0.15, 0.2) is 11.0 Å². The van der Waals surface area contributed by atoms with E-state index >= 15 is 0 Å². The zero-order chi connectivity index (χ0) is 29.1. The van der Waals surface area contributed by atoms with Gasteiger partial charge in [0, 0.05) is 11.3 Å². The molecule has 1 aromatic heterocycles. The van der Waals surface area contributed by atoms with E-state index < -0.39 is 5.25 Å². The van der Waals surface area contributed by atoms with Crippen LogP contribution in [-0.4, -0.2) is 20.7 Å². The Labute approximate surface area is 247 Å². The SMILES string of the molecule is Cc1cc(C)cc(NC(=O)[C@@H](Sc2nnc(-c3ccc(C(C)(C)C)cc3)n2-c2ccccc2C)c2ccccc2)c1. The van der Waals surface area contributed by atoms with Crippen LogP contribution in [0.4, 0.5) is 5.69 Å². The standard InChI is InChI=1S/C35H36N4OS/c1-23-20-24(2)22-29(21-23)36-33(40)31(26-13-8-7-9-14-26)41-34-38-37-32(39(34)30-15-11-10-12-25(30)3)27-16-18-28(19-17-27)35(4,5)6/h7-22,31H,1-6H3,(H,36,40)/t31-/m0/s1. The lowest BCUT2D eigenvalue weighted by Gasteiger charge is -2.20. The fourth-order valence-electron chi connectivity index (χ4n) is 4.94. The zero-order valence-electron chi connectivity index (χ0n) is 24.5. The third-order valence-electron chi connectivity index (χ3n) is 7.05. The van der Waals surface area contributed by atoms with Crippen molar-refractivity contribution in [1.29, 1.82) is 0 Å². The van der Waals surface area contributed by atoms with Crippen LogP contribution in [0.1, 0.15) is 53.8 Å². The number of amides is 1. The number of thioether (sulfide) groups is 1. The smallest absolute Gasteiger partial charge is 0.242 e. The number of rotatable bonds is 7. The molecule has 0 saturated carbocycles. The Hall–Kier alpha value is -4.16. The highest BCUT2D eigenvalue weighted by molar-refractivity contribution is 8.00. The van der Waals surface area contributed by atoms with Gasteiger partial charge in [-0.1, -0.05) is 111 Å². The molecule has 0 bridgehead atoms. The summed E-state index contributed by atoms with van der Waals surface area (Å²) < 4.78 is 2.08. The minimum Gasteiger partial charge on any atom is -0.325 e. The van der Waals surface area contributed by atoms with Gasteiger partial charge in [0.1, 0.15) is 5.25 Å². The summed E-state index contributed by atoms with van der Waals surface area (Å²) in [4.78, 5) is 13.9. The third kappa shape index (κ3) is 6.44. The van der Waals surface area contributed by atoms with E-state index in [0.717, 1.165) is 45.0 Å². The number of carbonyl (C=O) groups is 1. The van der Waals surface area contributed by atoms with Crippen molar-refractivity contribution in [3.8, 4) is 17.1 Å². The summed E-state index contributed by atoms with van der Waals surface area (Å²) in [5.74, 6) is 0.630. The first-order valence-electron chi connectivity index (χ1n) is 13.8. The number of hydrogen-bond donors (Lipinski definition) is 1. The summed E-state index contributed by atoms with van der Waals surface area (Å²) in [5, 5.41) is 12.6. The predicted molar refractivity (Wildman–Crippen MR) is 170 cm³/mol. The van der Waals surface area contributed by atoms with Crippen molar-refractivity contribution in [3.63, 3.8) is 0 Å². The normalized spacial score (nSPS) is 12.2. The molecule has 1 atom stereocenters. The van der Waals surface area contributed by atoms with Crippen molar-refractivity contribution in [3.05, 3.63) is 125 Å². The number of hydrogen-bond acceptors (Lipinski definition) is 4. The second kappa shape index (κ2) is 11.8. The summed E-state index contributed by atoms with van der Waals surface area (Å²) in [7, 11) is 0. The first-order chi connectivity index (χ1) is 19.6. The van der Waals surface area contributed by atoms with Gasteiger partial charge in [0.25, 0.3) is 0 Å². The molecule has 0 radical (unpaired) electrons. The van der Waals surface area contributed by atoms with Gasteiger partial charge >= 0.3 is 0 Å². The van der Waals surface area contributed by atoms with Crippen molar-refractivity contribution in [2.75, 3.05) is 5.32 Å². The summed E-state index contributed by atoms with van der Waals surface area (Å²) in [5.41, 5.74) is 8.24. The van der Waals surface area contributed by atoms with Gasteiger partial charge in [0.2, 0.25) is 5.91 Å². The van der Waals surface area contributed by atoms with Gasteiger partial charge in [-0.05, 0) is 72.2 Å². The monoisotopic (exact) mass is 560 g/mol. The van der Waals surface area contributed by atoms with Crippen molar-refractivity contribution in [2.24, 2.45) is 0 Å². The first kappa shape index (κ1) is 28.4. The topological polar surface area (TPSA) is 59.8 Å². The van der Waals surface area contributed by atoms with Crippen LogP contribution in [0.15, 0.2) is 102 Å². The van der Waals surface area contributed by atoms with Gasteiger partial charge in [-0.25, -0.2) is 0 Å². The fourth-order valence-corrected chi connectivity index (χ4v) is 5.99. The average Bonchev–Trinajstić information content (AvgIpc) is 3.34. The Morgan fingerprint density at radius 2 is 1.44 bits per heavy atom. The predicted octanol–water partition coefficient (Wildman–Crippen LogP) is 8.63. The minimum absolute atomic E-state index is 0.0509. The van der Waals surface area contributed by atoms with Crippen molar-refractivity contribution in [2.45, 2.75) is 57.4 Å². The Balaban J connectivity index is 1.58. The van der Waals surface area contributed by atoms with Crippen LogP contribution in [0, 0.1) is 20.8 Å². The van der Waals surface area contributed by atoms with Crippen LogP contribution < -0.4 is 5.32 Å². The highest BCUT2D eigenvalue weighted by Crippen LogP contribution is 2.39. The lowest BCUT2D eigenvalue weighted by molar-refractivity contribution is -0.115. The molecule has 6 heteroatoms. The average molecular weight is 561 g/mol. The van der Waals surface area contributed by atoms with Crippen LogP contribution in [-0.2, 0) is 10.2 Å². The van der Waals surface area contributed by atoms with Gasteiger partial charge < -0.3 is 5.32 Å². The van der Waals surface area contributed by atoms with Crippen LogP contribution in [0.3, 0.4) is 0 Å². The number of benzene rings is 4. The summed E-state index contributed by atoms with van der Waals surface area (Å²) in [6.07, 6.45) is 0. The van der Waals surface area contributed by atoms with Crippen molar-refractivity contribution >= 4 is 23.4 Å². The highest BCUT2D eigenvalue weighted by Gasteiger charge is 2.27. The Bertz CT molecular complexity index is 1650. The number of nitrogens with one attached hydrogen (secondary N) is 1. The molecular weight excluding hydrogens is 524 g/mol. The summed E-state index contributed by atoms with van der Waals surface area (Å²) >= 11 is 1.41. The molecule has 5 aromatic rings. The van der Waals surface area contributed by atoms with Crippen LogP contribution >= 0.6 is 11.8 Å². The maximum atomic E-state index is 13.9. The zero-order valence-corrected chi connectivity index (χ0v) is 25.3. The molecule has 0 saturated heterocycles. The van der Waals surface area contributed by atoms with E-state index in [1.165, 1.54) is 17.3 Å². The van der Waals surface area contributed by atoms with Crippen LogP contribution in [0.5, 0.6) is 0 Å². The molecule has 0 aliphatic carbocycles. The van der Waals surface area contributed by atoms with Crippen LogP contribution in [0.25, 0.3) is 17.1 Å². The van der Waals surface area contributed by atoms with Gasteiger partial charge in [-0.3, -0.25) is 9.36 Å². The Morgan fingerprint density at radius 3 is 2.07 bits per heavy atom. The lowest BCUT2D eigenvalue weighted by atomic mass is 9.87. The second-order valence-electron chi connectivity index (χ2n) is 11.5. The maximum absolute atomic E-state index is 13.9. The lowest BCUT2D eigenvalue weighted by Crippen LogP contribution is -2.19. The molecule has 0 aliphatic rings.